The number of benzene rings is 2. The quantitative estimate of drug-likeness (QED) is 0.739. The number of rotatable bonds is 7. The second kappa shape index (κ2) is 8.85. The first-order valence-electron chi connectivity index (χ1n) is 9.65. The molecule has 2 aromatic carbocycles. The second-order valence-electron chi connectivity index (χ2n) is 7.14. The minimum absolute atomic E-state index is 0.0310. The maximum absolute atomic E-state index is 12.5. The number of nitrogens with one attached hydrogen (secondary N) is 1. The predicted octanol–water partition coefficient (Wildman–Crippen LogP) is 4.41. The van der Waals surface area contributed by atoms with Crippen LogP contribution in [0, 0.1) is 0 Å². The summed E-state index contributed by atoms with van der Waals surface area (Å²) in [6.45, 7) is 1.92. The first-order chi connectivity index (χ1) is 13.1. The second-order valence-corrected chi connectivity index (χ2v) is 7.14. The number of carbonyl (C=O) groups is 2. The molecule has 0 unspecified atom stereocenters. The van der Waals surface area contributed by atoms with Crippen molar-refractivity contribution in [2.75, 3.05) is 7.11 Å². The van der Waals surface area contributed by atoms with Crippen molar-refractivity contribution in [2.24, 2.45) is 0 Å². The van der Waals surface area contributed by atoms with Crippen molar-refractivity contribution < 1.29 is 14.3 Å². The molecule has 2 aromatic rings. The number of aryl methyl sites for hydroxylation is 2. The van der Waals surface area contributed by atoms with Crippen LogP contribution in [0.2, 0.25) is 0 Å². The highest BCUT2D eigenvalue weighted by Crippen LogP contribution is 2.25. The van der Waals surface area contributed by atoms with Gasteiger partial charge < -0.3 is 10.1 Å². The van der Waals surface area contributed by atoms with Crippen LogP contribution in [0.5, 0.6) is 5.75 Å². The molecular formula is C23H27NO3. The Hall–Kier alpha value is -2.62. The number of methoxy groups -OCH3 is 1. The Balaban J connectivity index is 1.55. The summed E-state index contributed by atoms with van der Waals surface area (Å²) in [7, 11) is 1.62. The molecule has 142 valence electrons. The summed E-state index contributed by atoms with van der Waals surface area (Å²) in [4.78, 5) is 24.8. The van der Waals surface area contributed by atoms with Gasteiger partial charge in [0.2, 0.25) is 5.91 Å². The van der Waals surface area contributed by atoms with E-state index in [0.717, 1.165) is 29.7 Å². The zero-order valence-electron chi connectivity index (χ0n) is 16.1. The molecule has 0 saturated carbocycles. The van der Waals surface area contributed by atoms with Gasteiger partial charge in [-0.1, -0.05) is 30.3 Å². The van der Waals surface area contributed by atoms with E-state index in [2.05, 4.69) is 11.4 Å². The molecular weight excluding hydrogens is 338 g/mol. The number of amides is 1. The fourth-order valence-electron chi connectivity index (χ4n) is 3.69. The van der Waals surface area contributed by atoms with Crippen LogP contribution < -0.4 is 10.1 Å². The van der Waals surface area contributed by atoms with Crippen molar-refractivity contribution in [3.63, 3.8) is 0 Å². The summed E-state index contributed by atoms with van der Waals surface area (Å²) in [5.41, 5.74) is 4.30. The highest BCUT2D eigenvalue weighted by Gasteiger charge is 2.16. The van der Waals surface area contributed by atoms with E-state index in [1.54, 1.807) is 7.11 Å². The molecule has 0 fully saturated rings. The fraction of sp³-hybridized carbons (Fsp3) is 0.391. The summed E-state index contributed by atoms with van der Waals surface area (Å²) >= 11 is 0. The van der Waals surface area contributed by atoms with Crippen molar-refractivity contribution in [1.82, 2.24) is 5.32 Å². The highest BCUT2D eigenvalue weighted by atomic mass is 16.5. The third-order valence-corrected chi connectivity index (χ3v) is 5.23. The van der Waals surface area contributed by atoms with Crippen LogP contribution in [-0.2, 0) is 17.6 Å². The van der Waals surface area contributed by atoms with Crippen molar-refractivity contribution >= 4 is 11.7 Å². The van der Waals surface area contributed by atoms with E-state index in [0.29, 0.717) is 0 Å². The molecule has 0 aliphatic heterocycles. The minimum atomic E-state index is -0.174. The molecule has 1 amide bonds. The third kappa shape index (κ3) is 4.76. The number of fused-ring (bicyclic) bond motifs is 1. The van der Waals surface area contributed by atoms with Crippen LogP contribution in [0.3, 0.4) is 0 Å². The number of Topliss-reactive ketones (excluding diaryl/α,β-unsaturated/α-hetero) is 1. The highest BCUT2D eigenvalue weighted by molar-refractivity contribution is 5.98. The van der Waals surface area contributed by atoms with Gasteiger partial charge in [0.25, 0.3) is 0 Å². The normalized spacial score (nSPS) is 14.1. The Morgan fingerprint density at radius 3 is 2.56 bits per heavy atom. The van der Waals surface area contributed by atoms with Gasteiger partial charge in [-0.15, -0.1) is 0 Å². The molecule has 0 aromatic heterocycles. The van der Waals surface area contributed by atoms with Gasteiger partial charge in [-0.2, -0.15) is 0 Å². The smallest absolute Gasteiger partial charge is 0.220 e. The van der Waals surface area contributed by atoms with Gasteiger partial charge in [0.05, 0.1) is 13.2 Å². The van der Waals surface area contributed by atoms with Gasteiger partial charge in [-0.3, -0.25) is 9.59 Å². The topological polar surface area (TPSA) is 55.4 Å². The van der Waals surface area contributed by atoms with Gasteiger partial charge in [0.1, 0.15) is 5.75 Å². The first-order valence-corrected chi connectivity index (χ1v) is 9.65. The van der Waals surface area contributed by atoms with Crippen LogP contribution >= 0.6 is 0 Å². The molecule has 3 rings (SSSR count). The predicted molar refractivity (Wildman–Crippen MR) is 106 cm³/mol. The van der Waals surface area contributed by atoms with E-state index >= 15 is 0 Å². The monoisotopic (exact) mass is 365 g/mol. The Morgan fingerprint density at radius 2 is 1.78 bits per heavy atom. The number of ether oxygens (including phenoxy) is 1. The summed E-state index contributed by atoms with van der Waals surface area (Å²) in [6, 6.07) is 13.4. The number of hydrogen-bond donors (Lipinski definition) is 1. The lowest BCUT2D eigenvalue weighted by Crippen LogP contribution is -2.27. The molecule has 27 heavy (non-hydrogen) atoms. The Labute approximate surface area is 160 Å². The van der Waals surface area contributed by atoms with E-state index < -0.39 is 0 Å². The third-order valence-electron chi connectivity index (χ3n) is 5.23. The maximum atomic E-state index is 12.5. The number of ketones is 1. The molecule has 0 spiro atoms. The van der Waals surface area contributed by atoms with Crippen LogP contribution in [0.1, 0.15) is 65.7 Å². The summed E-state index contributed by atoms with van der Waals surface area (Å²) in [5, 5.41) is 2.96. The fourth-order valence-corrected chi connectivity index (χ4v) is 3.69. The summed E-state index contributed by atoms with van der Waals surface area (Å²) in [5.74, 6) is 0.652. The van der Waals surface area contributed by atoms with Crippen LogP contribution in [-0.4, -0.2) is 18.8 Å². The lowest BCUT2D eigenvalue weighted by molar-refractivity contribution is -0.121. The van der Waals surface area contributed by atoms with Gasteiger partial charge in [0.15, 0.2) is 5.78 Å². The van der Waals surface area contributed by atoms with E-state index in [1.807, 2.05) is 43.3 Å². The summed E-state index contributed by atoms with van der Waals surface area (Å²) in [6.07, 6.45) is 4.98. The van der Waals surface area contributed by atoms with Gasteiger partial charge >= 0.3 is 0 Å². The molecule has 1 aliphatic rings. The van der Waals surface area contributed by atoms with Crippen LogP contribution in [0.25, 0.3) is 0 Å². The van der Waals surface area contributed by atoms with Crippen molar-refractivity contribution in [3.8, 4) is 5.75 Å². The SMILES string of the molecule is COc1ccccc1[C@@H](C)NC(=O)CCC(=O)c1ccc2c(c1)CCCC2. The molecule has 4 heteroatoms. The standard InChI is InChI=1S/C23H27NO3/c1-16(20-9-5-6-10-22(20)27-2)24-23(26)14-13-21(25)19-12-11-17-7-3-4-8-18(17)15-19/h5-6,9-12,15-16H,3-4,7-8,13-14H2,1-2H3,(H,24,26)/t16-/m1/s1. The first kappa shape index (κ1) is 19.2. The number of para-hydroxylation sites is 1. The van der Waals surface area contributed by atoms with Crippen molar-refractivity contribution in [2.45, 2.75) is 51.5 Å². The molecule has 4 nitrogen and oxygen atoms in total. The van der Waals surface area contributed by atoms with Crippen LogP contribution in [0.4, 0.5) is 0 Å². The molecule has 1 atom stereocenters. The van der Waals surface area contributed by atoms with Gasteiger partial charge in [-0.05, 0) is 55.9 Å². The lowest BCUT2D eigenvalue weighted by Gasteiger charge is -2.17. The van der Waals surface area contributed by atoms with E-state index in [1.165, 1.54) is 24.0 Å². The lowest BCUT2D eigenvalue weighted by atomic mass is 9.89. The molecule has 0 saturated heterocycles. The summed E-state index contributed by atoms with van der Waals surface area (Å²) < 4.78 is 5.34. The Morgan fingerprint density at radius 1 is 1.04 bits per heavy atom. The molecule has 0 bridgehead atoms. The number of hydrogen-bond acceptors (Lipinski definition) is 3. The molecule has 1 aliphatic carbocycles. The van der Waals surface area contributed by atoms with E-state index in [-0.39, 0.29) is 30.6 Å². The largest absolute Gasteiger partial charge is 0.496 e. The zero-order chi connectivity index (χ0) is 19.2. The Kier molecular flexibility index (Phi) is 6.28. The molecule has 1 N–H and O–H groups in total. The average molecular weight is 365 g/mol. The van der Waals surface area contributed by atoms with Crippen LogP contribution in [0.15, 0.2) is 42.5 Å². The van der Waals surface area contributed by atoms with E-state index in [4.69, 9.17) is 4.74 Å². The zero-order valence-corrected chi connectivity index (χ0v) is 16.1. The van der Waals surface area contributed by atoms with Crippen molar-refractivity contribution in [3.05, 3.63) is 64.7 Å². The van der Waals surface area contributed by atoms with E-state index in [9.17, 15) is 9.59 Å². The Bertz CT molecular complexity index is 828. The minimum Gasteiger partial charge on any atom is -0.496 e. The van der Waals surface area contributed by atoms with Crippen molar-refractivity contribution in [1.29, 1.82) is 0 Å². The average Bonchev–Trinajstić information content (AvgIpc) is 2.71. The maximum Gasteiger partial charge on any atom is 0.220 e. The van der Waals surface area contributed by atoms with Gasteiger partial charge in [-0.25, -0.2) is 0 Å². The van der Waals surface area contributed by atoms with Gasteiger partial charge in [0, 0.05) is 24.0 Å². The molecule has 0 heterocycles. The molecule has 0 radical (unpaired) electrons. The number of carbonyl (C=O) groups excluding carboxylic acids is 2.